The Bertz CT molecular complexity index is 1710. The van der Waals surface area contributed by atoms with Gasteiger partial charge in [0.2, 0.25) is 0 Å². The standard InChI is InChI=1S/C50H72O7/c1-12-13-14-15-16-27-45(53)55-36-41(30-31-50-47(8,9)32-42(52)33-49(50,11)57-50)26-20-25-38(3)22-18-17-21-37(2)23-19-24-39(4)28-29-44-46(6,7)34-43(56-40(5)51)35-48(44,10)54/h17-26,29,42-43,52,54H,12-16,27-28,32-36H2,1-11H3/b18-17+,23-19+,25-20+,37-21+,38-22+,39-24+,41-26-,44-29?/t42-,43-,48+,49+,50-/m0/s1. The molecule has 7 nitrogen and oxygen atoms in total. The topological polar surface area (TPSA) is 106 Å². The fourth-order valence-electron chi connectivity index (χ4n) is 8.72. The number of unbranched alkanes of at least 4 members (excludes halogenated alkanes) is 4. The third-order valence-corrected chi connectivity index (χ3v) is 11.5. The molecule has 57 heavy (non-hydrogen) atoms. The minimum atomic E-state index is -1.03. The number of ether oxygens (including phenoxy) is 3. The molecule has 1 aliphatic heterocycles. The molecule has 314 valence electrons. The van der Waals surface area contributed by atoms with Crippen molar-refractivity contribution in [3.63, 3.8) is 0 Å². The third-order valence-electron chi connectivity index (χ3n) is 11.5. The van der Waals surface area contributed by atoms with Gasteiger partial charge in [0.1, 0.15) is 18.3 Å². The van der Waals surface area contributed by atoms with Crippen LogP contribution in [0.25, 0.3) is 0 Å². The van der Waals surface area contributed by atoms with Gasteiger partial charge in [0, 0.05) is 37.2 Å². The summed E-state index contributed by atoms with van der Waals surface area (Å²) in [5.41, 5.74) is 2.26. The first-order chi connectivity index (χ1) is 26.6. The van der Waals surface area contributed by atoms with Gasteiger partial charge in [0.15, 0.2) is 5.60 Å². The van der Waals surface area contributed by atoms with Gasteiger partial charge in [-0.2, -0.15) is 0 Å². The first-order valence-electron chi connectivity index (χ1n) is 21.1. The number of esters is 2. The van der Waals surface area contributed by atoms with Gasteiger partial charge >= 0.3 is 11.9 Å². The highest BCUT2D eigenvalue weighted by molar-refractivity contribution is 5.69. The Morgan fingerprint density at radius 1 is 0.825 bits per heavy atom. The van der Waals surface area contributed by atoms with E-state index in [2.05, 4.69) is 84.6 Å². The van der Waals surface area contributed by atoms with Crippen LogP contribution in [-0.4, -0.2) is 57.8 Å². The summed E-state index contributed by atoms with van der Waals surface area (Å²) in [5.74, 6) is 6.20. The lowest BCUT2D eigenvalue weighted by atomic mass is 9.63. The smallest absolute Gasteiger partial charge is 0.306 e. The Labute approximate surface area is 344 Å². The third kappa shape index (κ3) is 14.3. The van der Waals surface area contributed by atoms with Gasteiger partial charge in [0.25, 0.3) is 0 Å². The molecule has 0 amide bonds. The number of rotatable bonds is 17. The molecule has 0 unspecified atom stereocenters. The number of hydrogen-bond donors (Lipinski definition) is 2. The Kier molecular flexibility index (Phi) is 17.4. The molecule has 5 atom stereocenters. The minimum absolute atomic E-state index is 0.105. The first-order valence-corrected chi connectivity index (χ1v) is 21.1. The van der Waals surface area contributed by atoms with Crippen molar-refractivity contribution in [2.24, 2.45) is 10.8 Å². The molecule has 1 heterocycles. The van der Waals surface area contributed by atoms with E-state index in [1.807, 2.05) is 63.3 Å². The highest BCUT2D eigenvalue weighted by atomic mass is 16.6. The van der Waals surface area contributed by atoms with E-state index in [4.69, 9.17) is 14.2 Å². The summed E-state index contributed by atoms with van der Waals surface area (Å²) < 4.78 is 17.4. The molecule has 2 aliphatic carbocycles. The van der Waals surface area contributed by atoms with Crippen molar-refractivity contribution >= 4 is 11.9 Å². The summed E-state index contributed by atoms with van der Waals surface area (Å²) in [6.07, 6.45) is 30.4. The van der Waals surface area contributed by atoms with Crippen LogP contribution in [-0.2, 0) is 23.8 Å². The second-order valence-corrected chi connectivity index (χ2v) is 18.3. The van der Waals surface area contributed by atoms with E-state index in [1.54, 1.807) is 0 Å². The van der Waals surface area contributed by atoms with Gasteiger partial charge in [-0.05, 0) is 77.4 Å². The number of epoxide rings is 1. The van der Waals surface area contributed by atoms with Crippen LogP contribution < -0.4 is 0 Å². The van der Waals surface area contributed by atoms with E-state index >= 15 is 0 Å². The van der Waals surface area contributed by atoms with E-state index in [0.717, 1.165) is 42.4 Å². The zero-order valence-electron chi connectivity index (χ0n) is 36.9. The maximum atomic E-state index is 12.5. The number of aliphatic hydroxyl groups excluding tert-OH is 1. The molecule has 0 aromatic rings. The quantitative estimate of drug-likeness (QED) is 0.0378. The van der Waals surface area contributed by atoms with Crippen LogP contribution in [0.1, 0.15) is 147 Å². The SMILES string of the molecule is CCCCCCCC(=O)OC\C(C#C[C@@]12O[C@]1(C)C[C@@H](O)CC2(C)C)=C/C=C/C(C)=C/C=C/C=C(C)/C=C/C=C(\C)CC=C1C(C)(C)C[C@H](OC(C)=O)C[C@@]1(C)O. The van der Waals surface area contributed by atoms with Gasteiger partial charge in [-0.15, -0.1) is 0 Å². The number of fused-ring (bicyclic) bond motifs is 1. The summed E-state index contributed by atoms with van der Waals surface area (Å²) in [4.78, 5) is 24.1. The van der Waals surface area contributed by atoms with E-state index in [9.17, 15) is 19.8 Å². The molecular weight excluding hydrogens is 713 g/mol. The first kappa shape index (κ1) is 47.7. The molecule has 0 bridgehead atoms. The predicted octanol–water partition coefficient (Wildman–Crippen LogP) is 10.9. The average Bonchev–Trinajstić information content (AvgIpc) is 3.71. The molecule has 0 radical (unpaired) electrons. The number of carbonyl (C=O) groups is 2. The van der Waals surface area contributed by atoms with Crippen LogP contribution >= 0.6 is 0 Å². The number of carbonyl (C=O) groups excluding carboxylic acids is 2. The molecule has 0 aromatic carbocycles. The van der Waals surface area contributed by atoms with Gasteiger partial charge in [0.05, 0.1) is 11.7 Å². The summed E-state index contributed by atoms with van der Waals surface area (Å²) >= 11 is 0. The molecule has 3 aliphatic rings. The summed E-state index contributed by atoms with van der Waals surface area (Å²) in [7, 11) is 0. The molecule has 1 saturated heterocycles. The van der Waals surface area contributed by atoms with Gasteiger partial charge in [-0.25, -0.2) is 0 Å². The van der Waals surface area contributed by atoms with Crippen molar-refractivity contribution in [3.05, 3.63) is 94.7 Å². The molecule has 0 spiro atoms. The van der Waals surface area contributed by atoms with Crippen LogP contribution in [0.3, 0.4) is 0 Å². The molecule has 0 aromatic heterocycles. The van der Waals surface area contributed by atoms with Gasteiger partial charge in [-0.1, -0.05) is 150 Å². The van der Waals surface area contributed by atoms with Crippen LogP contribution in [0.15, 0.2) is 94.7 Å². The summed E-state index contributed by atoms with van der Waals surface area (Å²) in [6, 6.07) is 0. The lowest BCUT2D eigenvalue weighted by Gasteiger charge is -2.46. The highest BCUT2D eigenvalue weighted by Gasteiger charge is 2.75. The Hall–Kier alpha value is -3.70. The van der Waals surface area contributed by atoms with E-state index < -0.39 is 22.9 Å². The van der Waals surface area contributed by atoms with E-state index in [0.29, 0.717) is 37.7 Å². The van der Waals surface area contributed by atoms with Crippen molar-refractivity contribution in [1.29, 1.82) is 0 Å². The molecular formula is C50H72O7. The van der Waals surface area contributed by atoms with Crippen LogP contribution in [0, 0.1) is 22.7 Å². The van der Waals surface area contributed by atoms with E-state index in [-0.39, 0.29) is 35.5 Å². The second kappa shape index (κ2) is 20.8. The monoisotopic (exact) mass is 785 g/mol. The average molecular weight is 785 g/mol. The molecule has 3 rings (SSSR count). The second-order valence-electron chi connectivity index (χ2n) is 18.3. The fourth-order valence-corrected chi connectivity index (χ4v) is 8.72. The number of hydrogen-bond acceptors (Lipinski definition) is 7. The van der Waals surface area contributed by atoms with Crippen molar-refractivity contribution in [2.75, 3.05) is 6.61 Å². The van der Waals surface area contributed by atoms with Gasteiger partial charge < -0.3 is 24.4 Å². The lowest BCUT2D eigenvalue weighted by Crippen LogP contribution is -2.46. The molecule has 2 N–H and O–H groups in total. The largest absolute Gasteiger partial charge is 0.462 e. The molecule has 2 saturated carbocycles. The van der Waals surface area contributed by atoms with Crippen LogP contribution in [0.2, 0.25) is 0 Å². The van der Waals surface area contributed by atoms with Crippen molar-refractivity contribution < 1.29 is 34.0 Å². The Balaban J connectivity index is 1.62. The predicted molar refractivity (Wildman–Crippen MR) is 232 cm³/mol. The summed E-state index contributed by atoms with van der Waals surface area (Å²) in [5, 5.41) is 21.7. The zero-order chi connectivity index (χ0) is 42.5. The Morgan fingerprint density at radius 3 is 2.05 bits per heavy atom. The maximum Gasteiger partial charge on any atom is 0.306 e. The Morgan fingerprint density at radius 2 is 1.46 bits per heavy atom. The summed E-state index contributed by atoms with van der Waals surface area (Å²) in [6.45, 7) is 22.1. The maximum absolute atomic E-state index is 12.5. The minimum Gasteiger partial charge on any atom is -0.462 e. The zero-order valence-corrected chi connectivity index (χ0v) is 36.9. The molecule has 7 heteroatoms. The highest BCUT2D eigenvalue weighted by Crippen LogP contribution is 2.65. The number of allylic oxidation sites excluding steroid dienone is 14. The fraction of sp³-hybridized carbons (Fsp3) is 0.600. The normalized spacial score (nSPS) is 29.7. The van der Waals surface area contributed by atoms with Crippen LogP contribution in [0.5, 0.6) is 0 Å². The van der Waals surface area contributed by atoms with E-state index in [1.165, 1.54) is 25.3 Å². The molecule has 3 fully saturated rings. The van der Waals surface area contributed by atoms with Crippen molar-refractivity contribution in [3.8, 4) is 11.8 Å². The van der Waals surface area contributed by atoms with Crippen molar-refractivity contribution in [2.45, 2.75) is 176 Å². The van der Waals surface area contributed by atoms with Gasteiger partial charge in [-0.3, -0.25) is 9.59 Å². The number of aliphatic hydroxyl groups is 2. The lowest BCUT2D eigenvalue weighted by molar-refractivity contribution is -0.152. The van der Waals surface area contributed by atoms with Crippen molar-refractivity contribution in [1.82, 2.24) is 0 Å². The van der Waals surface area contributed by atoms with Crippen LogP contribution in [0.4, 0.5) is 0 Å².